The molecule has 164 valence electrons. The second-order valence-corrected chi connectivity index (χ2v) is 8.06. The number of fused-ring (bicyclic) bond motifs is 2. The monoisotopic (exact) mass is 440 g/mol. The third kappa shape index (κ3) is 3.60. The minimum absolute atomic E-state index is 0.0310. The van der Waals surface area contributed by atoms with Crippen LogP contribution in [0.1, 0.15) is 5.56 Å². The highest BCUT2D eigenvalue weighted by Crippen LogP contribution is 2.24. The minimum atomic E-state index is -0.537. The van der Waals surface area contributed by atoms with Crippen molar-refractivity contribution in [2.24, 2.45) is 0 Å². The van der Waals surface area contributed by atoms with Crippen LogP contribution in [0.3, 0.4) is 0 Å². The summed E-state index contributed by atoms with van der Waals surface area (Å²) in [6.07, 6.45) is 0. The van der Waals surface area contributed by atoms with Crippen molar-refractivity contribution in [3.05, 3.63) is 88.3 Å². The van der Waals surface area contributed by atoms with Crippen LogP contribution in [0, 0.1) is 17.1 Å². The van der Waals surface area contributed by atoms with Gasteiger partial charge in [0.05, 0.1) is 16.7 Å². The molecule has 2 heterocycles. The minimum Gasteiger partial charge on any atom is -0.367 e. The van der Waals surface area contributed by atoms with Crippen LogP contribution < -0.4 is 10.3 Å². The molecule has 1 saturated heterocycles. The van der Waals surface area contributed by atoms with Gasteiger partial charge in [-0.05, 0) is 36.4 Å². The van der Waals surface area contributed by atoms with Gasteiger partial charge in [-0.2, -0.15) is 5.26 Å². The summed E-state index contributed by atoms with van der Waals surface area (Å²) in [7, 11) is 0. The van der Waals surface area contributed by atoms with Gasteiger partial charge in [-0.1, -0.05) is 30.3 Å². The first kappa shape index (κ1) is 20.7. The summed E-state index contributed by atoms with van der Waals surface area (Å²) < 4.78 is 15.9. The molecule has 7 heteroatoms. The molecule has 0 aliphatic carbocycles. The van der Waals surface area contributed by atoms with Gasteiger partial charge in [0.1, 0.15) is 24.0 Å². The molecule has 0 spiro atoms. The fraction of sp³-hybridized carbons (Fsp3) is 0.192. The van der Waals surface area contributed by atoms with Gasteiger partial charge in [0.25, 0.3) is 0 Å². The lowest BCUT2D eigenvalue weighted by atomic mass is 10.1. The summed E-state index contributed by atoms with van der Waals surface area (Å²) in [5, 5.41) is 10.5. The number of piperazine rings is 1. The summed E-state index contributed by atoms with van der Waals surface area (Å²) in [6.45, 7) is 2.07. The van der Waals surface area contributed by atoms with Crippen LogP contribution in [0.4, 0.5) is 10.1 Å². The third-order valence-corrected chi connectivity index (χ3v) is 6.25. The molecule has 0 saturated carbocycles. The van der Waals surface area contributed by atoms with Crippen LogP contribution >= 0.6 is 0 Å². The van der Waals surface area contributed by atoms with E-state index in [4.69, 9.17) is 0 Å². The number of para-hydroxylation sites is 2. The number of carbonyl (C=O) groups is 1. The number of benzene rings is 3. The number of hydrogen-bond donors (Lipinski definition) is 0. The predicted molar refractivity (Wildman–Crippen MR) is 126 cm³/mol. The van der Waals surface area contributed by atoms with Gasteiger partial charge in [-0.15, -0.1) is 0 Å². The maximum Gasteiger partial charge on any atom is 0.242 e. The van der Waals surface area contributed by atoms with E-state index in [1.165, 1.54) is 6.07 Å². The zero-order chi connectivity index (χ0) is 22.9. The Bertz CT molecular complexity index is 1420. The lowest BCUT2D eigenvalue weighted by molar-refractivity contribution is -0.132. The second-order valence-electron chi connectivity index (χ2n) is 8.06. The number of nitriles is 1. The van der Waals surface area contributed by atoms with E-state index in [2.05, 4.69) is 0 Å². The largest absolute Gasteiger partial charge is 0.367 e. The van der Waals surface area contributed by atoms with Crippen molar-refractivity contribution in [2.75, 3.05) is 31.1 Å². The quantitative estimate of drug-likeness (QED) is 0.457. The standard InChI is InChI=1S/C26H21FN4O2/c27-21-8-5-11-22(20(21)16-28)29-12-14-30(15-13-29)25(32)17-31-23-9-3-1-6-18(23)26(33)19-7-2-4-10-24(19)31/h1-11H,12-15,17H2. The highest BCUT2D eigenvalue weighted by atomic mass is 19.1. The molecular weight excluding hydrogens is 419 g/mol. The van der Waals surface area contributed by atoms with E-state index < -0.39 is 5.82 Å². The van der Waals surface area contributed by atoms with Crippen LogP contribution in [-0.2, 0) is 11.3 Å². The predicted octanol–water partition coefficient (Wildman–Crippen LogP) is 3.51. The van der Waals surface area contributed by atoms with Crippen LogP contribution in [-0.4, -0.2) is 41.6 Å². The Balaban J connectivity index is 1.41. The fourth-order valence-corrected chi connectivity index (χ4v) is 4.57. The van der Waals surface area contributed by atoms with Crippen molar-refractivity contribution in [1.82, 2.24) is 9.47 Å². The molecule has 1 aliphatic heterocycles. The van der Waals surface area contributed by atoms with E-state index in [0.717, 1.165) is 11.0 Å². The summed E-state index contributed by atoms with van der Waals surface area (Å²) in [4.78, 5) is 29.9. The molecule has 1 aromatic heterocycles. The van der Waals surface area contributed by atoms with Crippen molar-refractivity contribution in [1.29, 1.82) is 5.26 Å². The van der Waals surface area contributed by atoms with Gasteiger partial charge in [0, 0.05) is 37.0 Å². The number of amides is 1. The van der Waals surface area contributed by atoms with E-state index in [1.807, 2.05) is 51.9 Å². The zero-order valence-corrected chi connectivity index (χ0v) is 17.9. The summed E-state index contributed by atoms with van der Waals surface area (Å²) >= 11 is 0. The van der Waals surface area contributed by atoms with Crippen molar-refractivity contribution >= 4 is 33.4 Å². The lowest BCUT2D eigenvalue weighted by Gasteiger charge is -2.36. The molecule has 4 aromatic rings. The normalized spacial score (nSPS) is 13.9. The van der Waals surface area contributed by atoms with Gasteiger partial charge in [-0.3, -0.25) is 9.59 Å². The Hall–Kier alpha value is -4.18. The topological polar surface area (TPSA) is 69.3 Å². The molecule has 6 nitrogen and oxygen atoms in total. The molecule has 0 N–H and O–H groups in total. The zero-order valence-electron chi connectivity index (χ0n) is 17.9. The number of nitrogens with zero attached hydrogens (tertiary/aromatic N) is 4. The summed E-state index contributed by atoms with van der Waals surface area (Å²) in [6, 6.07) is 21.2. The van der Waals surface area contributed by atoms with E-state index >= 15 is 0 Å². The first-order valence-electron chi connectivity index (χ1n) is 10.8. The molecule has 0 radical (unpaired) electrons. The molecule has 1 fully saturated rings. The van der Waals surface area contributed by atoms with Gasteiger partial charge in [0.15, 0.2) is 5.43 Å². The van der Waals surface area contributed by atoms with Gasteiger partial charge in [-0.25, -0.2) is 4.39 Å². The number of rotatable bonds is 3. The molecule has 33 heavy (non-hydrogen) atoms. The summed E-state index contributed by atoms with van der Waals surface area (Å²) in [5.74, 6) is -0.584. The number of anilines is 1. The number of aromatic nitrogens is 1. The Morgan fingerprint density at radius 1 is 0.879 bits per heavy atom. The maximum absolute atomic E-state index is 14.0. The van der Waals surface area contributed by atoms with Gasteiger partial charge < -0.3 is 14.4 Å². The Morgan fingerprint density at radius 3 is 2.09 bits per heavy atom. The number of halogens is 1. The molecule has 5 rings (SSSR count). The van der Waals surface area contributed by atoms with Crippen molar-refractivity contribution in [3.8, 4) is 6.07 Å². The Morgan fingerprint density at radius 2 is 1.48 bits per heavy atom. The average molecular weight is 440 g/mol. The average Bonchev–Trinajstić information content (AvgIpc) is 2.86. The molecule has 0 atom stereocenters. The van der Waals surface area contributed by atoms with Crippen LogP contribution in [0.25, 0.3) is 21.8 Å². The third-order valence-electron chi connectivity index (χ3n) is 6.25. The smallest absolute Gasteiger partial charge is 0.242 e. The summed E-state index contributed by atoms with van der Waals surface area (Å²) in [5.41, 5.74) is 2.01. The first-order chi connectivity index (χ1) is 16.1. The van der Waals surface area contributed by atoms with E-state index in [-0.39, 0.29) is 23.4 Å². The first-order valence-corrected chi connectivity index (χ1v) is 10.8. The highest BCUT2D eigenvalue weighted by molar-refractivity contribution is 5.94. The maximum atomic E-state index is 14.0. The SMILES string of the molecule is N#Cc1c(F)cccc1N1CCN(C(=O)Cn2c3ccccc3c(=O)c3ccccc32)CC1. The van der Waals surface area contributed by atoms with Crippen LogP contribution in [0.15, 0.2) is 71.5 Å². The van der Waals surface area contributed by atoms with Crippen molar-refractivity contribution in [3.63, 3.8) is 0 Å². The second kappa shape index (κ2) is 8.40. The Kier molecular flexibility index (Phi) is 5.27. The molecule has 3 aromatic carbocycles. The number of pyridine rings is 1. The molecule has 1 aliphatic rings. The molecule has 0 bridgehead atoms. The fourth-order valence-electron chi connectivity index (χ4n) is 4.57. The Labute approximate surface area is 189 Å². The van der Waals surface area contributed by atoms with Crippen molar-refractivity contribution < 1.29 is 9.18 Å². The molecular formula is C26H21FN4O2. The van der Waals surface area contributed by atoms with Crippen LogP contribution in [0.5, 0.6) is 0 Å². The van der Waals surface area contributed by atoms with E-state index in [1.54, 1.807) is 29.2 Å². The van der Waals surface area contributed by atoms with Gasteiger partial charge >= 0.3 is 0 Å². The van der Waals surface area contributed by atoms with Crippen molar-refractivity contribution in [2.45, 2.75) is 6.54 Å². The molecule has 0 unspecified atom stereocenters. The van der Waals surface area contributed by atoms with E-state index in [9.17, 15) is 19.2 Å². The number of carbonyl (C=O) groups excluding carboxylic acids is 1. The number of hydrogen-bond acceptors (Lipinski definition) is 4. The highest BCUT2D eigenvalue weighted by Gasteiger charge is 2.24. The van der Waals surface area contributed by atoms with Gasteiger partial charge in [0.2, 0.25) is 5.91 Å². The van der Waals surface area contributed by atoms with E-state index in [0.29, 0.717) is 42.6 Å². The van der Waals surface area contributed by atoms with Crippen LogP contribution in [0.2, 0.25) is 0 Å². The lowest BCUT2D eigenvalue weighted by Crippen LogP contribution is -2.49. The molecule has 1 amide bonds.